The number of hydrogen-bond acceptors (Lipinski definition) is 4. The van der Waals surface area contributed by atoms with Gasteiger partial charge < -0.3 is 4.57 Å². The monoisotopic (exact) mass is 276 g/mol. The number of nitrogens with one attached hydrogen (secondary N) is 1. The van der Waals surface area contributed by atoms with Crippen molar-refractivity contribution in [3.8, 4) is 0 Å². The van der Waals surface area contributed by atoms with E-state index in [9.17, 15) is 0 Å². The van der Waals surface area contributed by atoms with Gasteiger partial charge in [0, 0.05) is 42.6 Å². The zero-order valence-corrected chi connectivity index (χ0v) is 12.2. The first-order valence-corrected chi connectivity index (χ1v) is 7.30. The van der Waals surface area contributed by atoms with Crippen LogP contribution in [-0.2, 0) is 13.5 Å². The van der Waals surface area contributed by atoms with Gasteiger partial charge in [-0.05, 0) is 18.6 Å². The SMILES string of the molecule is Cc1ccccc1SCC(Cc1nccn1C)NN. The first-order chi connectivity index (χ1) is 9.20. The van der Waals surface area contributed by atoms with E-state index in [2.05, 4.69) is 41.6 Å². The molecular weight excluding hydrogens is 256 g/mol. The molecule has 102 valence electrons. The number of thioether (sulfide) groups is 1. The van der Waals surface area contributed by atoms with Gasteiger partial charge in [0.15, 0.2) is 0 Å². The highest BCUT2D eigenvalue weighted by Gasteiger charge is 2.11. The van der Waals surface area contributed by atoms with Crippen LogP contribution in [0, 0.1) is 6.92 Å². The van der Waals surface area contributed by atoms with Crippen molar-refractivity contribution in [2.45, 2.75) is 24.3 Å². The van der Waals surface area contributed by atoms with E-state index < -0.39 is 0 Å². The zero-order valence-electron chi connectivity index (χ0n) is 11.3. The van der Waals surface area contributed by atoms with Crippen molar-refractivity contribution >= 4 is 11.8 Å². The highest BCUT2D eigenvalue weighted by Crippen LogP contribution is 2.22. The van der Waals surface area contributed by atoms with E-state index in [0.29, 0.717) is 0 Å². The van der Waals surface area contributed by atoms with Crippen LogP contribution in [0.5, 0.6) is 0 Å². The van der Waals surface area contributed by atoms with E-state index in [1.165, 1.54) is 10.5 Å². The molecule has 0 fully saturated rings. The summed E-state index contributed by atoms with van der Waals surface area (Å²) in [6.07, 6.45) is 4.60. The zero-order chi connectivity index (χ0) is 13.7. The summed E-state index contributed by atoms with van der Waals surface area (Å²) < 4.78 is 2.03. The number of hydrazine groups is 1. The van der Waals surface area contributed by atoms with Gasteiger partial charge in [-0.2, -0.15) is 0 Å². The molecule has 1 aromatic carbocycles. The smallest absolute Gasteiger partial charge is 0.110 e. The van der Waals surface area contributed by atoms with E-state index in [4.69, 9.17) is 5.84 Å². The summed E-state index contributed by atoms with van der Waals surface area (Å²) in [6, 6.07) is 8.62. The molecule has 0 bridgehead atoms. The van der Waals surface area contributed by atoms with Gasteiger partial charge in [0.25, 0.3) is 0 Å². The van der Waals surface area contributed by atoms with Crippen molar-refractivity contribution in [2.24, 2.45) is 12.9 Å². The fraction of sp³-hybridized carbons (Fsp3) is 0.357. The third-order valence-electron chi connectivity index (χ3n) is 3.12. The Labute approximate surface area is 118 Å². The van der Waals surface area contributed by atoms with Crippen molar-refractivity contribution in [3.05, 3.63) is 48.0 Å². The van der Waals surface area contributed by atoms with Crippen LogP contribution in [-0.4, -0.2) is 21.3 Å². The van der Waals surface area contributed by atoms with Gasteiger partial charge in [-0.25, -0.2) is 4.98 Å². The standard InChI is InChI=1S/C14H20N4S/c1-11-5-3-4-6-13(11)19-10-12(17-15)9-14-16-7-8-18(14)2/h3-8,12,17H,9-10,15H2,1-2H3. The quantitative estimate of drug-likeness (QED) is 0.481. The summed E-state index contributed by atoms with van der Waals surface area (Å²) >= 11 is 1.83. The van der Waals surface area contributed by atoms with E-state index in [0.717, 1.165) is 18.0 Å². The lowest BCUT2D eigenvalue weighted by atomic mass is 10.2. The van der Waals surface area contributed by atoms with Gasteiger partial charge in [0.05, 0.1) is 0 Å². The van der Waals surface area contributed by atoms with Crippen LogP contribution in [0.15, 0.2) is 41.6 Å². The van der Waals surface area contributed by atoms with Crippen LogP contribution < -0.4 is 11.3 Å². The Balaban J connectivity index is 1.93. The molecule has 2 aromatic rings. The predicted molar refractivity (Wildman–Crippen MR) is 79.9 cm³/mol. The predicted octanol–water partition coefficient (Wildman–Crippen LogP) is 1.90. The molecule has 1 aromatic heterocycles. The maximum absolute atomic E-state index is 5.64. The van der Waals surface area contributed by atoms with E-state index in [-0.39, 0.29) is 6.04 Å². The maximum Gasteiger partial charge on any atom is 0.110 e. The number of aromatic nitrogens is 2. The minimum atomic E-state index is 0.214. The van der Waals surface area contributed by atoms with E-state index in [1.807, 2.05) is 35.8 Å². The van der Waals surface area contributed by atoms with E-state index in [1.54, 1.807) is 0 Å². The third kappa shape index (κ3) is 3.83. The second-order valence-electron chi connectivity index (χ2n) is 4.60. The molecule has 0 aliphatic rings. The van der Waals surface area contributed by atoms with Crippen LogP contribution >= 0.6 is 11.8 Å². The molecule has 0 amide bonds. The summed E-state index contributed by atoms with van der Waals surface area (Å²) in [5, 5.41) is 0. The maximum atomic E-state index is 5.64. The number of nitrogens with zero attached hydrogens (tertiary/aromatic N) is 2. The summed E-state index contributed by atoms with van der Waals surface area (Å²) in [4.78, 5) is 5.64. The second kappa shape index (κ2) is 6.75. The van der Waals surface area contributed by atoms with Gasteiger partial charge in [-0.15, -0.1) is 11.8 Å². The van der Waals surface area contributed by atoms with Crippen LogP contribution in [0.2, 0.25) is 0 Å². The van der Waals surface area contributed by atoms with Crippen LogP contribution in [0.1, 0.15) is 11.4 Å². The first kappa shape index (κ1) is 14.1. The van der Waals surface area contributed by atoms with Gasteiger partial charge in [-0.3, -0.25) is 11.3 Å². The molecule has 1 heterocycles. The Morgan fingerprint density at radius 2 is 2.21 bits per heavy atom. The Kier molecular flexibility index (Phi) is 5.01. The molecule has 0 aliphatic carbocycles. The molecule has 4 nitrogen and oxygen atoms in total. The summed E-state index contributed by atoms with van der Waals surface area (Å²) in [6.45, 7) is 2.13. The number of imidazole rings is 1. The van der Waals surface area contributed by atoms with Gasteiger partial charge in [0.2, 0.25) is 0 Å². The highest BCUT2D eigenvalue weighted by molar-refractivity contribution is 7.99. The minimum absolute atomic E-state index is 0.214. The first-order valence-electron chi connectivity index (χ1n) is 6.31. The van der Waals surface area contributed by atoms with Crippen molar-refractivity contribution < 1.29 is 0 Å². The molecular formula is C14H20N4S. The Bertz CT molecular complexity index is 524. The lowest BCUT2D eigenvalue weighted by Gasteiger charge is -2.15. The number of aryl methyl sites for hydroxylation is 2. The molecule has 0 radical (unpaired) electrons. The number of benzene rings is 1. The highest BCUT2D eigenvalue weighted by atomic mass is 32.2. The van der Waals surface area contributed by atoms with Crippen molar-refractivity contribution in [2.75, 3.05) is 5.75 Å². The molecule has 19 heavy (non-hydrogen) atoms. The molecule has 2 rings (SSSR count). The molecule has 1 unspecified atom stereocenters. The average molecular weight is 276 g/mol. The van der Waals surface area contributed by atoms with Crippen LogP contribution in [0.3, 0.4) is 0 Å². The van der Waals surface area contributed by atoms with Crippen LogP contribution in [0.4, 0.5) is 0 Å². The van der Waals surface area contributed by atoms with Crippen molar-refractivity contribution in [3.63, 3.8) is 0 Å². The topological polar surface area (TPSA) is 55.9 Å². The molecule has 1 atom stereocenters. The third-order valence-corrected chi connectivity index (χ3v) is 4.46. The molecule has 5 heteroatoms. The normalized spacial score (nSPS) is 12.6. The number of hydrogen-bond donors (Lipinski definition) is 2. The molecule has 0 saturated heterocycles. The Morgan fingerprint density at radius 1 is 1.42 bits per heavy atom. The van der Waals surface area contributed by atoms with Crippen molar-refractivity contribution in [1.29, 1.82) is 0 Å². The minimum Gasteiger partial charge on any atom is -0.338 e. The van der Waals surface area contributed by atoms with Crippen molar-refractivity contribution in [1.82, 2.24) is 15.0 Å². The molecule has 0 saturated carbocycles. The van der Waals surface area contributed by atoms with Gasteiger partial charge in [0.1, 0.15) is 5.82 Å². The average Bonchev–Trinajstić information content (AvgIpc) is 2.81. The fourth-order valence-corrected chi connectivity index (χ4v) is 2.95. The summed E-state index contributed by atoms with van der Waals surface area (Å²) in [7, 11) is 2.00. The lowest BCUT2D eigenvalue weighted by Crippen LogP contribution is -2.39. The van der Waals surface area contributed by atoms with Crippen LogP contribution in [0.25, 0.3) is 0 Å². The lowest BCUT2D eigenvalue weighted by molar-refractivity contribution is 0.552. The Hall–Kier alpha value is -1.30. The van der Waals surface area contributed by atoms with Gasteiger partial charge >= 0.3 is 0 Å². The fourth-order valence-electron chi connectivity index (χ4n) is 1.89. The largest absolute Gasteiger partial charge is 0.338 e. The second-order valence-corrected chi connectivity index (χ2v) is 5.66. The molecule has 0 aliphatic heterocycles. The molecule has 0 spiro atoms. The summed E-state index contributed by atoms with van der Waals surface area (Å²) in [5.74, 6) is 7.62. The Morgan fingerprint density at radius 3 is 2.84 bits per heavy atom. The van der Waals surface area contributed by atoms with E-state index >= 15 is 0 Å². The summed E-state index contributed by atoms with van der Waals surface area (Å²) in [5.41, 5.74) is 4.19. The molecule has 3 N–H and O–H groups in total. The van der Waals surface area contributed by atoms with Gasteiger partial charge in [-0.1, -0.05) is 18.2 Å². The number of rotatable bonds is 6. The number of nitrogens with two attached hydrogens (primary N) is 1.